The molecule has 3 aromatic rings. The van der Waals surface area contributed by atoms with Crippen molar-refractivity contribution >= 4 is 11.3 Å². The molecular weight excluding hydrogens is 294 g/mol. The molecular formula is C17H19N3OS. The normalized spacial score (nSPS) is 12.7. The first-order valence-electron chi connectivity index (χ1n) is 7.26. The highest BCUT2D eigenvalue weighted by Gasteiger charge is 2.19. The van der Waals surface area contributed by atoms with E-state index < -0.39 is 0 Å². The maximum atomic E-state index is 5.81. The van der Waals surface area contributed by atoms with Gasteiger partial charge in [-0.05, 0) is 37.9 Å². The van der Waals surface area contributed by atoms with Crippen LogP contribution in [-0.2, 0) is 6.54 Å². The van der Waals surface area contributed by atoms with Gasteiger partial charge in [-0.1, -0.05) is 35.9 Å². The highest BCUT2D eigenvalue weighted by molar-refractivity contribution is 7.13. The second-order valence-corrected chi connectivity index (χ2v) is 6.45. The Morgan fingerprint density at radius 2 is 1.95 bits per heavy atom. The Labute approximate surface area is 134 Å². The molecule has 0 aliphatic rings. The topological polar surface area (TPSA) is 42.2 Å². The highest BCUT2D eigenvalue weighted by Crippen LogP contribution is 2.26. The fraction of sp³-hybridized carbons (Fsp3) is 0.294. The van der Waals surface area contributed by atoms with Crippen LogP contribution >= 0.6 is 11.3 Å². The molecule has 0 aliphatic heterocycles. The molecule has 114 valence electrons. The summed E-state index contributed by atoms with van der Waals surface area (Å²) in [7, 11) is 2.07. The first-order chi connectivity index (χ1) is 10.6. The van der Waals surface area contributed by atoms with Gasteiger partial charge < -0.3 is 4.42 Å². The van der Waals surface area contributed by atoms with Crippen molar-refractivity contribution in [2.45, 2.75) is 26.4 Å². The zero-order chi connectivity index (χ0) is 15.5. The van der Waals surface area contributed by atoms with Crippen molar-refractivity contribution in [1.82, 2.24) is 15.1 Å². The lowest BCUT2D eigenvalue weighted by atomic mass is 10.1. The average molecular weight is 313 g/mol. The largest absolute Gasteiger partial charge is 0.418 e. The molecule has 4 nitrogen and oxygen atoms in total. The number of aryl methyl sites for hydroxylation is 1. The molecule has 2 aromatic heterocycles. The molecule has 0 saturated heterocycles. The number of hydrogen-bond acceptors (Lipinski definition) is 5. The monoisotopic (exact) mass is 313 g/mol. The van der Waals surface area contributed by atoms with Gasteiger partial charge in [0.1, 0.15) is 0 Å². The molecule has 3 rings (SSSR count). The summed E-state index contributed by atoms with van der Waals surface area (Å²) in [6.07, 6.45) is 0. The van der Waals surface area contributed by atoms with Gasteiger partial charge in [-0.15, -0.1) is 21.5 Å². The summed E-state index contributed by atoms with van der Waals surface area (Å²) in [6.45, 7) is 5.03. The number of benzene rings is 1. The van der Waals surface area contributed by atoms with Crippen molar-refractivity contribution in [1.29, 1.82) is 0 Å². The van der Waals surface area contributed by atoms with Crippen molar-refractivity contribution in [2.75, 3.05) is 7.05 Å². The molecule has 0 radical (unpaired) electrons. The van der Waals surface area contributed by atoms with E-state index in [9.17, 15) is 0 Å². The summed E-state index contributed by atoms with van der Waals surface area (Å²) in [4.78, 5) is 3.21. The Balaban J connectivity index is 1.70. The van der Waals surface area contributed by atoms with Crippen molar-refractivity contribution in [3.05, 3.63) is 58.8 Å². The number of aromatic nitrogens is 2. The molecule has 0 aliphatic carbocycles. The Kier molecular flexibility index (Phi) is 4.36. The minimum atomic E-state index is 0.0718. The molecule has 1 aromatic carbocycles. The van der Waals surface area contributed by atoms with Gasteiger partial charge in [0.25, 0.3) is 5.89 Å². The number of hydrogen-bond donors (Lipinski definition) is 0. The number of rotatable bonds is 5. The highest BCUT2D eigenvalue weighted by atomic mass is 32.1. The minimum Gasteiger partial charge on any atom is -0.418 e. The lowest BCUT2D eigenvalue weighted by Crippen LogP contribution is -2.22. The molecule has 22 heavy (non-hydrogen) atoms. The van der Waals surface area contributed by atoms with Crippen LogP contribution in [0.4, 0.5) is 0 Å². The fourth-order valence-electron chi connectivity index (χ4n) is 2.21. The summed E-state index contributed by atoms with van der Waals surface area (Å²) in [6, 6.07) is 12.6. The molecule has 2 heterocycles. The summed E-state index contributed by atoms with van der Waals surface area (Å²) in [5.74, 6) is 1.25. The predicted molar refractivity (Wildman–Crippen MR) is 88.7 cm³/mol. The van der Waals surface area contributed by atoms with Gasteiger partial charge in [-0.3, -0.25) is 4.90 Å². The Morgan fingerprint density at radius 3 is 2.64 bits per heavy atom. The van der Waals surface area contributed by atoms with E-state index in [1.54, 1.807) is 11.3 Å². The third-order valence-electron chi connectivity index (χ3n) is 3.74. The molecule has 1 atom stereocenters. The van der Waals surface area contributed by atoms with E-state index in [1.807, 2.05) is 17.5 Å². The Bertz CT molecular complexity index is 719. The van der Waals surface area contributed by atoms with Gasteiger partial charge in [0.05, 0.1) is 10.9 Å². The van der Waals surface area contributed by atoms with Crippen LogP contribution in [-0.4, -0.2) is 22.1 Å². The number of nitrogens with zero attached hydrogens (tertiary/aromatic N) is 3. The minimum absolute atomic E-state index is 0.0718. The van der Waals surface area contributed by atoms with Crippen LogP contribution < -0.4 is 0 Å². The predicted octanol–water partition coefficient (Wildman–Crippen LogP) is 4.30. The Hall–Kier alpha value is -1.98. The number of thiophene rings is 1. The van der Waals surface area contributed by atoms with E-state index in [-0.39, 0.29) is 6.04 Å². The van der Waals surface area contributed by atoms with Crippen LogP contribution in [0.25, 0.3) is 10.8 Å². The van der Waals surface area contributed by atoms with Crippen LogP contribution in [0.2, 0.25) is 0 Å². The zero-order valence-corrected chi connectivity index (χ0v) is 13.8. The molecule has 0 amide bonds. The third-order valence-corrected chi connectivity index (χ3v) is 4.60. The van der Waals surface area contributed by atoms with Crippen molar-refractivity contribution in [3.8, 4) is 10.8 Å². The first-order valence-corrected chi connectivity index (χ1v) is 8.14. The van der Waals surface area contributed by atoms with Gasteiger partial charge in [0.15, 0.2) is 0 Å². The standard InChI is InChI=1S/C17H19N3OS/c1-12-6-8-14(9-7-12)11-20(3)13(2)16-18-19-17(21-16)15-5-4-10-22-15/h4-10,13H,11H2,1-3H3/t13-/m0/s1. The quantitative estimate of drug-likeness (QED) is 0.704. The van der Waals surface area contributed by atoms with E-state index in [0.29, 0.717) is 11.8 Å². The van der Waals surface area contributed by atoms with Crippen molar-refractivity contribution in [2.24, 2.45) is 0 Å². The van der Waals surface area contributed by atoms with Gasteiger partial charge in [-0.25, -0.2) is 0 Å². The smallest absolute Gasteiger partial charge is 0.257 e. The summed E-state index contributed by atoms with van der Waals surface area (Å²) in [5, 5.41) is 10.4. The van der Waals surface area contributed by atoms with Crippen LogP contribution in [0.3, 0.4) is 0 Å². The molecule has 0 fully saturated rings. The lowest BCUT2D eigenvalue weighted by Gasteiger charge is -2.21. The summed E-state index contributed by atoms with van der Waals surface area (Å²) >= 11 is 1.60. The summed E-state index contributed by atoms with van der Waals surface area (Å²) < 4.78 is 5.81. The van der Waals surface area contributed by atoms with E-state index >= 15 is 0 Å². The Morgan fingerprint density at radius 1 is 1.18 bits per heavy atom. The van der Waals surface area contributed by atoms with Crippen LogP contribution in [0.15, 0.2) is 46.2 Å². The molecule has 5 heteroatoms. The van der Waals surface area contributed by atoms with Gasteiger partial charge in [-0.2, -0.15) is 0 Å². The van der Waals surface area contributed by atoms with Gasteiger partial charge in [0.2, 0.25) is 5.89 Å². The first kappa shape index (κ1) is 14.9. The van der Waals surface area contributed by atoms with Gasteiger partial charge >= 0.3 is 0 Å². The summed E-state index contributed by atoms with van der Waals surface area (Å²) in [5.41, 5.74) is 2.55. The van der Waals surface area contributed by atoms with Crippen LogP contribution in [0.5, 0.6) is 0 Å². The lowest BCUT2D eigenvalue weighted by molar-refractivity contribution is 0.218. The van der Waals surface area contributed by atoms with Crippen molar-refractivity contribution < 1.29 is 4.42 Å². The average Bonchev–Trinajstić information content (AvgIpc) is 3.19. The molecule has 0 saturated carbocycles. The maximum absolute atomic E-state index is 5.81. The van der Waals surface area contributed by atoms with Crippen molar-refractivity contribution in [3.63, 3.8) is 0 Å². The molecule has 0 bridgehead atoms. The zero-order valence-electron chi connectivity index (χ0n) is 13.0. The molecule has 0 N–H and O–H groups in total. The van der Waals surface area contributed by atoms with E-state index in [1.165, 1.54) is 11.1 Å². The molecule has 0 unspecified atom stereocenters. The second-order valence-electron chi connectivity index (χ2n) is 5.50. The van der Waals surface area contributed by atoms with E-state index in [2.05, 4.69) is 60.3 Å². The fourth-order valence-corrected chi connectivity index (χ4v) is 2.85. The maximum Gasteiger partial charge on any atom is 0.257 e. The SMILES string of the molecule is Cc1ccc(CN(C)[C@@H](C)c2nnc(-c3cccs3)o2)cc1. The second kappa shape index (κ2) is 6.42. The van der Waals surface area contributed by atoms with E-state index in [4.69, 9.17) is 4.42 Å². The van der Waals surface area contributed by atoms with Crippen LogP contribution in [0.1, 0.15) is 30.0 Å². The van der Waals surface area contributed by atoms with Gasteiger partial charge in [0, 0.05) is 6.54 Å². The van der Waals surface area contributed by atoms with E-state index in [0.717, 1.165) is 11.4 Å². The molecule has 0 spiro atoms. The third kappa shape index (κ3) is 3.26. The van der Waals surface area contributed by atoms with Crippen LogP contribution in [0, 0.1) is 6.92 Å².